The molecule has 2 aromatic rings. The highest BCUT2D eigenvalue weighted by Gasteiger charge is 2.24. The third kappa shape index (κ3) is 2.31. The monoisotopic (exact) mass is 295 g/mol. The van der Waals surface area contributed by atoms with Crippen molar-refractivity contribution in [3.8, 4) is 0 Å². The number of carbonyl (C=O) groups is 1. The molecule has 0 aliphatic carbocycles. The summed E-state index contributed by atoms with van der Waals surface area (Å²) in [6.45, 7) is 5.99. The second-order valence-corrected chi connectivity index (χ2v) is 5.24. The average Bonchev–Trinajstić information content (AvgIpc) is 2.83. The largest absolute Gasteiger partial charge is 0.462 e. The van der Waals surface area contributed by atoms with Crippen molar-refractivity contribution in [1.29, 1.82) is 0 Å². The van der Waals surface area contributed by atoms with Crippen molar-refractivity contribution in [3.05, 3.63) is 11.4 Å². The lowest BCUT2D eigenvalue weighted by atomic mass is 10.2. The molecular formula is C12H17N5O2S. The van der Waals surface area contributed by atoms with Gasteiger partial charge in [0.1, 0.15) is 16.4 Å². The summed E-state index contributed by atoms with van der Waals surface area (Å²) in [5.41, 5.74) is 6.67. The van der Waals surface area contributed by atoms with Crippen LogP contribution in [-0.4, -0.2) is 38.4 Å². The van der Waals surface area contributed by atoms with E-state index in [0.29, 0.717) is 22.1 Å². The molecule has 0 spiro atoms. The lowest BCUT2D eigenvalue weighted by Gasteiger charge is -2.11. The Balaban J connectivity index is 2.77. The summed E-state index contributed by atoms with van der Waals surface area (Å²) >= 11 is 1.32. The van der Waals surface area contributed by atoms with Crippen LogP contribution in [0.1, 0.15) is 42.9 Å². The number of nitrogens with two attached hydrogens (primary N) is 1. The fourth-order valence-electron chi connectivity index (χ4n) is 1.89. The van der Waals surface area contributed by atoms with E-state index in [1.807, 2.05) is 20.1 Å². The first-order chi connectivity index (χ1) is 9.51. The Morgan fingerprint density at radius 2 is 2.15 bits per heavy atom. The predicted molar refractivity (Wildman–Crippen MR) is 77.0 cm³/mol. The van der Waals surface area contributed by atoms with Gasteiger partial charge in [0, 0.05) is 5.92 Å². The van der Waals surface area contributed by atoms with Crippen LogP contribution >= 0.6 is 11.8 Å². The molecule has 0 amide bonds. The molecule has 108 valence electrons. The van der Waals surface area contributed by atoms with Gasteiger partial charge in [0.15, 0.2) is 5.65 Å². The Morgan fingerprint density at radius 3 is 2.70 bits per heavy atom. The Bertz CT molecular complexity index is 653. The first kappa shape index (κ1) is 14.6. The SMILES string of the molecule is CCOC(=O)c1c(SC)nc(N)n2c(C(C)C)nnc12. The molecule has 0 bridgehead atoms. The minimum absolute atomic E-state index is 0.115. The van der Waals surface area contributed by atoms with E-state index < -0.39 is 5.97 Å². The molecule has 0 saturated heterocycles. The molecule has 0 unspecified atom stereocenters. The minimum Gasteiger partial charge on any atom is -0.462 e. The molecule has 2 N–H and O–H groups in total. The second kappa shape index (κ2) is 5.66. The number of thioether (sulfide) groups is 1. The Kier molecular flexibility index (Phi) is 4.12. The number of esters is 1. The number of hydrogen-bond donors (Lipinski definition) is 1. The van der Waals surface area contributed by atoms with Gasteiger partial charge >= 0.3 is 5.97 Å². The van der Waals surface area contributed by atoms with Crippen LogP contribution in [0.5, 0.6) is 0 Å². The summed E-state index contributed by atoms with van der Waals surface area (Å²) in [7, 11) is 0. The molecule has 8 heteroatoms. The number of hydrogen-bond acceptors (Lipinski definition) is 7. The van der Waals surface area contributed by atoms with Crippen LogP contribution in [-0.2, 0) is 4.74 Å². The number of nitrogen functional groups attached to an aromatic ring is 1. The standard InChI is InChI=1S/C12H17N5O2S/c1-5-19-11(18)7-9-16-15-8(6(2)3)17(9)12(13)14-10(7)20-4/h6H,5H2,1-4H3,(H2,13,14). The lowest BCUT2D eigenvalue weighted by molar-refractivity contribution is 0.0523. The summed E-state index contributed by atoms with van der Waals surface area (Å²) in [6, 6.07) is 0. The van der Waals surface area contributed by atoms with Gasteiger partial charge in [-0.05, 0) is 13.2 Å². The van der Waals surface area contributed by atoms with Gasteiger partial charge in [-0.3, -0.25) is 0 Å². The van der Waals surface area contributed by atoms with Crippen LogP contribution in [0.2, 0.25) is 0 Å². The van der Waals surface area contributed by atoms with Crippen molar-refractivity contribution < 1.29 is 9.53 Å². The van der Waals surface area contributed by atoms with E-state index in [0.717, 1.165) is 0 Å². The molecule has 0 fully saturated rings. The molecule has 0 radical (unpaired) electrons. The van der Waals surface area contributed by atoms with E-state index in [4.69, 9.17) is 10.5 Å². The zero-order valence-electron chi connectivity index (χ0n) is 11.9. The molecule has 2 rings (SSSR count). The van der Waals surface area contributed by atoms with E-state index >= 15 is 0 Å². The summed E-state index contributed by atoms with van der Waals surface area (Å²) < 4.78 is 6.68. The Hall–Kier alpha value is -1.83. The van der Waals surface area contributed by atoms with Gasteiger partial charge in [-0.1, -0.05) is 13.8 Å². The summed E-state index contributed by atoms with van der Waals surface area (Å²) in [4.78, 5) is 16.4. The molecule has 2 heterocycles. The number of anilines is 1. The van der Waals surface area contributed by atoms with Crippen molar-refractivity contribution in [2.24, 2.45) is 0 Å². The van der Waals surface area contributed by atoms with Gasteiger partial charge in [-0.25, -0.2) is 14.2 Å². The zero-order chi connectivity index (χ0) is 14.9. The first-order valence-electron chi connectivity index (χ1n) is 6.26. The van der Waals surface area contributed by atoms with E-state index in [-0.39, 0.29) is 18.5 Å². The molecule has 7 nitrogen and oxygen atoms in total. The fourth-order valence-corrected chi connectivity index (χ4v) is 2.46. The maximum atomic E-state index is 12.1. The van der Waals surface area contributed by atoms with Crippen LogP contribution in [0.3, 0.4) is 0 Å². The maximum absolute atomic E-state index is 12.1. The number of rotatable bonds is 4. The summed E-state index contributed by atoms with van der Waals surface area (Å²) in [5.74, 6) is 0.593. The first-order valence-corrected chi connectivity index (χ1v) is 7.49. The second-order valence-electron chi connectivity index (χ2n) is 4.45. The molecule has 0 aliphatic rings. The van der Waals surface area contributed by atoms with Crippen molar-refractivity contribution >= 4 is 29.3 Å². The molecule has 2 aromatic heterocycles. The van der Waals surface area contributed by atoms with Crippen molar-refractivity contribution in [1.82, 2.24) is 19.6 Å². The molecular weight excluding hydrogens is 278 g/mol. The van der Waals surface area contributed by atoms with Crippen LogP contribution in [0.25, 0.3) is 5.65 Å². The number of nitrogens with zero attached hydrogens (tertiary/aromatic N) is 4. The van der Waals surface area contributed by atoms with Crippen molar-refractivity contribution in [2.45, 2.75) is 31.7 Å². The lowest BCUT2D eigenvalue weighted by Crippen LogP contribution is -2.14. The molecule has 0 atom stereocenters. The Morgan fingerprint density at radius 1 is 1.45 bits per heavy atom. The van der Waals surface area contributed by atoms with Crippen LogP contribution in [0.15, 0.2) is 5.03 Å². The van der Waals surface area contributed by atoms with Crippen LogP contribution in [0, 0.1) is 0 Å². The number of carbonyl (C=O) groups excluding carboxylic acids is 1. The quantitative estimate of drug-likeness (QED) is 0.521. The van der Waals surface area contributed by atoms with Gasteiger partial charge in [-0.15, -0.1) is 22.0 Å². The maximum Gasteiger partial charge on any atom is 0.344 e. The van der Waals surface area contributed by atoms with Crippen LogP contribution in [0.4, 0.5) is 5.95 Å². The summed E-state index contributed by atoms with van der Waals surface area (Å²) in [6.07, 6.45) is 1.82. The van der Waals surface area contributed by atoms with E-state index in [1.165, 1.54) is 11.8 Å². The molecule has 0 aromatic carbocycles. The van der Waals surface area contributed by atoms with Gasteiger partial charge in [0.2, 0.25) is 5.95 Å². The predicted octanol–water partition coefficient (Wildman–Crippen LogP) is 1.73. The molecule has 0 aliphatic heterocycles. The van der Waals surface area contributed by atoms with Gasteiger partial charge < -0.3 is 10.5 Å². The van der Waals surface area contributed by atoms with Gasteiger partial charge in [0.05, 0.1) is 6.61 Å². The fraction of sp³-hybridized carbons (Fsp3) is 0.500. The highest BCUT2D eigenvalue weighted by atomic mass is 32.2. The zero-order valence-corrected chi connectivity index (χ0v) is 12.7. The molecule has 0 saturated carbocycles. The Labute approximate surface area is 120 Å². The minimum atomic E-state index is -0.461. The van der Waals surface area contributed by atoms with Crippen molar-refractivity contribution in [3.63, 3.8) is 0 Å². The highest BCUT2D eigenvalue weighted by molar-refractivity contribution is 7.98. The average molecular weight is 295 g/mol. The normalized spacial score (nSPS) is 11.2. The number of aromatic nitrogens is 4. The highest BCUT2D eigenvalue weighted by Crippen LogP contribution is 2.26. The van der Waals surface area contributed by atoms with Gasteiger partial charge in [-0.2, -0.15) is 0 Å². The third-order valence-corrected chi connectivity index (χ3v) is 3.44. The smallest absolute Gasteiger partial charge is 0.344 e. The molecule has 20 heavy (non-hydrogen) atoms. The van der Waals surface area contributed by atoms with Gasteiger partial charge in [0.25, 0.3) is 0 Å². The van der Waals surface area contributed by atoms with E-state index in [1.54, 1.807) is 11.3 Å². The summed E-state index contributed by atoms with van der Waals surface area (Å²) in [5, 5.41) is 8.70. The number of ether oxygens (including phenoxy) is 1. The topological polar surface area (TPSA) is 95.4 Å². The third-order valence-electron chi connectivity index (χ3n) is 2.76. The number of fused-ring (bicyclic) bond motifs is 1. The van der Waals surface area contributed by atoms with E-state index in [2.05, 4.69) is 15.2 Å². The van der Waals surface area contributed by atoms with Crippen LogP contribution < -0.4 is 5.73 Å². The van der Waals surface area contributed by atoms with E-state index in [9.17, 15) is 4.79 Å². The van der Waals surface area contributed by atoms with Crippen molar-refractivity contribution in [2.75, 3.05) is 18.6 Å².